The molecule has 4 nitrogen and oxygen atoms in total. The lowest BCUT2D eigenvalue weighted by Crippen LogP contribution is -2.18. The van der Waals surface area contributed by atoms with Gasteiger partial charge in [-0.1, -0.05) is 11.6 Å². The molecule has 0 spiro atoms. The van der Waals surface area contributed by atoms with E-state index in [-0.39, 0.29) is 16.4 Å². The molecule has 0 bridgehead atoms. The highest BCUT2D eigenvalue weighted by Crippen LogP contribution is 2.36. The molecule has 24 heavy (non-hydrogen) atoms. The van der Waals surface area contributed by atoms with E-state index in [1.165, 1.54) is 18.3 Å². The second kappa shape index (κ2) is 6.32. The van der Waals surface area contributed by atoms with Crippen LogP contribution >= 0.6 is 11.6 Å². The van der Waals surface area contributed by atoms with Crippen LogP contribution in [-0.4, -0.2) is 16.9 Å². The maximum atomic E-state index is 13.1. The first-order chi connectivity index (χ1) is 11.3. The SMILES string of the molecule is O=C(Nc1ccc(Cl)cc1C(F)(F)F)c1cc(NC2CC2)ccn1. The van der Waals surface area contributed by atoms with Crippen molar-refractivity contribution < 1.29 is 18.0 Å². The lowest BCUT2D eigenvalue weighted by molar-refractivity contribution is -0.136. The van der Waals surface area contributed by atoms with Gasteiger partial charge in [0.1, 0.15) is 5.69 Å². The molecule has 0 atom stereocenters. The Balaban J connectivity index is 1.82. The highest BCUT2D eigenvalue weighted by Gasteiger charge is 2.34. The molecule has 0 unspecified atom stereocenters. The van der Waals surface area contributed by atoms with E-state index in [0.29, 0.717) is 11.7 Å². The standard InChI is InChI=1S/C16H13ClF3N3O/c17-9-1-4-13(12(7-9)16(18,19)20)23-15(24)14-8-11(5-6-21-14)22-10-2-3-10/h1,4-8,10H,2-3H2,(H,21,22)(H,23,24). The Morgan fingerprint density at radius 1 is 1.21 bits per heavy atom. The van der Waals surface area contributed by atoms with Gasteiger partial charge in [-0.3, -0.25) is 9.78 Å². The van der Waals surface area contributed by atoms with Crippen molar-refractivity contribution in [3.63, 3.8) is 0 Å². The van der Waals surface area contributed by atoms with Crippen LogP contribution in [-0.2, 0) is 6.18 Å². The Bertz CT molecular complexity index is 775. The minimum absolute atomic E-state index is 0.0312. The summed E-state index contributed by atoms with van der Waals surface area (Å²) in [4.78, 5) is 16.1. The van der Waals surface area contributed by atoms with Gasteiger partial charge in [0.25, 0.3) is 5.91 Å². The second-order valence-electron chi connectivity index (χ2n) is 5.49. The Labute approximate surface area is 141 Å². The van der Waals surface area contributed by atoms with Gasteiger partial charge in [-0.05, 0) is 43.2 Å². The van der Waals surface area contributed by atoms with Gasteiger partial charge in [0.05, 0.1) is 11.3 Å². The Morgan fingerprint density at radius 3 is 2.62 bits per heavy atom. The molecule has 126 valence electrons. The van der Waals surface area contributed by atoms with Gasteiger partial charge >= 0.3 is 6.18 Å². The largest absolute Gasteiger partial charge is 0.418 e. The first-order valence-corrected chi connectivity index (χ1v) is 7.61. The van der Waals surface area contributed by atoms with Gasteiger partial charge in [0, 0.05) is 22.9 Å². The number of benzene rings is 1. The van der Waals surface area contributed by atoms with Crippen molar-refractivity contribution in [2.75, 3.05) is 10.6 Å². The van der Waals surface area contributed by atoms with Crippen LogP contribution in [0.2, 0.25) is 5.02 Å². The smallest absolute Gasteiger partial charge is 0.382 e. The maximum Gasteiger partial charge on any atom is 0.418 e. The summed E-state index contributed by atoms with van der Waals surface area (Å²) in [5.41, 5.74) is -0.622. The molecular weight excluding hydrogens is 343 g/mol. The van der Waals surface area contributed by atoms with Gasteiger partial charge in [-0.15, -0.1) is 0 Å². The molecule has 2 N–H and O–H groups in total. The van der Waals surface area contributed by atoms with E-state index in [1.807, 2.05) is 0 Å². The maximum absolute atomic E-state index is 13.1. The number of carbonyl (C=O) groups is 1. The number of rotatable bonds is 4. The van der Waals surface area contributed by atoms with E-state index in [2.05, 4.69) is 15.6 Å². The molecule has 1 fully saturated rings. The summed E-state index contributed by atoms with van der Waals surface area (Å²) in [6, 6.07) is 6.78. The number of hydrogen-bond donors (Lipinski definition) is 2. The lowest BCUT2D eigenvalue weighted by Gasteiger charge is -2.14. The number of aromatic nitrogens is 1. The summed E-state index contributed by atoms with van der Waals surface area (Å²) in [6.07, 6.45) is -1.07. The van der Waals surface area contributed by atoms with E-state index in [4.69, 9.17) is 11.6 Å². The molecule has 0 aliphatic heterocycles. The second-order valence-corrected chi connectivity index (χ2v) is 5.93. The summed E-state index contributed by atoms with van der Waals surface area (Å²) in [7, 11) is 0. The van der Waals surface area contributed by atoms with Gasteiger partial charge in [0.15, 0.2) is 0 Å². The molecule has 1 aliphatic carbocycles. The van der Waals surface area contributed by atoms with Crippen molar-refractivity contribution in [2.24, 2.45) is 0 Å². The van der Waals surface area contributed by atoms with Crippen LogP contribution in [0, 0.1) is 0 Å². The van der Waals surface area contributed by atoms with Crippen molar-refractivity contribution in [1.82, 2.24) is 4.98 Å². The predicted octanol–water partition coefficient (Wildman–Crippen LogP) is 4.58. The third-order valence-corrected chi connectivity index (χ3v) is 3.71. The molecule has 1 saturated carbocycles. The number of nitrogens with one attached hydrogen (secondary N) is 2. The summed E-state index contributed by atoms with van der Waals surface area (Å²) >= 11 is 5.62. The van der Waals surface area contributed by atoms with Crippen LogP contribution in [0.4, 0.5) is 24.5 Å². The molecule has 3 rings (SSSR count). The fraction of sp³-hybridized carbons (Fsp3) is 0.250. The van der Waals surface area contributed by atoms with Crippen molar-refractivity contribution in [3.05, 3.63) is 52.8 Å². The fourth-order valence-electron chi connectivity index (χ4n) is 2.15. The highest BCUT2D eigenvalue weighted by molar-refractivity contribution is 6.30. The number of amides is 1. The van der Waals surface area contributed by atoms with Gasteiger partial charge in [-0.25, -0.2) is 0 Å². The Kier molecular flexibility index (Phi) is 4.36. The van der Waals surface area contributed by atoms with Gasteiger partial charge in [0.2, 0.25) is 0 Å². The average molecular weight is 356 g/mol. The number of alkyl halides is 3. The van der Waals surface area contributed by atoms with Crippen molar-refractivity contribution in [3.8, 4) is 0 Å². The summed E-state index contributed by atoms with van der Waals surface area (Å²) < 4.78 is 39.2. The van der Waals surface area contributed by atoms with E-state index in [1.54, 1.807) is 6.07 Å². The summed E-state index contributed by atoms with van der Waals surface area (Å²) in [6.45, 7) is 0. The third-order valence-electron chi connectivity index (χ3n) is 3.48. The molecule has 1 aromatic heterocycles. The zero-order valence-electron chi connectivity index (χ0n) is 12.3. The van der Waals surface area contributed by atoms with E-state index < -0.39 is 17.6 Å². The normalized spacial score (nSPS) is 14.3. The van der Waals surface area contributed by atoms with Crippen molar-refractivity contribution in [2.45, 2.75) is 25.1 Å². The molecule has 1 heterocycles. The molecule has 2 aromatic rings. The first kappa shape index (κ1) is 16.6. The first-order valence-electron chi connectivity index (χ1n) is 7.23. The van der Waals surface area contributed by atoms with Gasteiger partial charge in [-0.2, -0.15) is 13.2 Å². The zero-order valence-corrected chi connectivity index (χ0v) is 13.1. The van der Waals surface area contributed by atoms with Crippen LogP contribution in [0.5, 0.6) is 0 Å². The number of halogens is 4. The zero-order chi connectivity index (χ0) is 17.3. The van der Waals surface area contributed by atoms with Crippen molar-refractivity contribution >= 4 is 28.9 Å². The van der Waals surface area contributed by atoms with Crippen LogP contribution in [0.1, 0.15) is 28.9 Å². The number of anilines is 2. The van der Waals surface area contributed by atoms with Crippen LogP contribution in [0.25, 0.3) is 0 Å². The van der Waals surface area contributed by atoms with Crippen molar-refractivity contribution in [1.29, 1.82) is 0 Å². The predicted molar refractivity (Wildman–Crippen MR) is 85.3 cm³/mol. The Morgan fingerprint density at radius 2 is 1.96 bits per heavy atom. The minimum atomic E-state index is -4.63. The Hall–Kier alpha value is -2.28. The molecule has 1 amide bonds. The summed E-state index contributed by atoms with van der Waals surface area (Å²) in [5.74, 6) is -0.720. The van der Waals surface area contributed by atoms with Crippen LogP contribution < -0.4 is 10.6 Å². The molecule has 8 heteroatoms. The third kappa shape index (κ3) is 3.97. The van der Waals surface area contributed by atoms with E-state index >= 15 is 0 Å². The lowest BCUT2D eigenvalue weighted by atomic mass is 10.1. The summed E-state index contributed by atoms with van der Waals surface area (Å²) in [5, 5.41) is 5.39. The number of carbonyl (C=O) groups excluding carboxylic acids is 1. The quantitative estimate of drug-likeness (QED) is 0.844. The number of hydrogen-bond acceptors (Lipinski definition) is 3. The minimum Gasteiger partial charge on any atom is -0.382 e. The highest BCUT2D eigenvalue weighted by atomic mass is 35.5. The van der Waals surface area contributed by atoms with Gasteiger partial charge < -0.3 is 10.6 Å². The topological polar surface area (TPSA) is 54.0 Å². The fourth-order valence-corrected chi connectivity index (χ4v) is 2.33. The van der Waals surface area contributed by atoms with Crippen LogP contribution in [0.3, 0.4) is 0 Å². The molecule has 0 saturated heterocycles. The molecule has 1 aliphatic rings. The molecular formula is C16H13ClF3N3O. The molecule has 1 aromatic carbocycles. The monoisotopic (exact) mass is 355 g/mol. The molecule has 0 radical (unpaired) electrons. The van der Waals surface area contributed by atoms with E-state index in [0.717, 1.165) is 25.0 Å². The average Bonchev–Trinajstić information content (AvgIpc) is 3.32. The number of pyridine rings is 1. The van der Waals surface area contributed by atoms with Crippen LogP contribution in [0.15, 0.2) is 36.5 Å². The number of nitrogens with zero attached hydrogens (tertiary/aromatic N) is 1. The van der Waals surface area contributed by atoms with E-state index in [9.17, 15) is 18.0 Å².